The van der Waals surface area contributed by atoms with E-state index in [-0.39, 0.29) is 18.7 Å². The lowest BCUT2D eigenvalue weighted by molar-refractivity contribution is 0.00578. The van der Waals surface area contributed by atoms with Crippen molar-refractivity contribution in [2.45, 2.75) is 45.5 Å². The third kappa shape index (κ3) is 5.50. The lowest BCUT2D eigenvalue weighted by atomic mass is 9.77. The minimum Gasteiger partial charge on any atom is -0.496 e. The van der Waals surface area contributed by atoms with Crippen LogP contribution in [0.3, 0.4) is 0 Å². The zero-order chi connectivity index (χ0) is 23.4. The van der Waals surface area contributed by atoms with Gasteiger partial charge < -0.3 is 24.1 Å². The van der Waals surface area contributed by atoms with Gasteiger partial charge in [0.15, 0.2) is 0 Å². The second-order valence-electron chi connectivity index (χ2n) is 8.58. The van der Waals surface area contributed by atoms with Gasteiger partial charge in [-0.15, -0.1) is 0 Å². The van der Waals surface area contributed by atoms with Gasteiger partial charge in [0.05, 0.1) is 23.9 Å². The Kier molecular flexibility index (Phi) is 7.26. The van der Waals surface area contributed by atoms with Crippen molar-refractivity contribution in [1.82, 2.24) is 5.32 Å². The van der Waals surface area contributed by atoms with E-state index < -0.39 is 30.2 Å². The number of hydrogen-bond donors (Lipinski definition) is 1. The van der Waals surface area contributed by atoms with Gasteiger partial charge in [-0.1, -0.05) is 42.5 Å². The van der Waals surface area contributed by atoms with E-state index in [1.54, 1.807) is 18.2 Å². The smallest absolute Gasteiger partial charge is 0.492 e. The lowest BCUT2D eigenvalue weighted by Crippen LogP contribution is -2.41. The fraction of sp³-hybridized carbons (Fsp3) is 0.375. The van der Waals surface area contributed by atoms with Crippen molar-refractivity contribution >= 4 is 19.3 Å². The molecule has 1 amide bonds. The quantitative estimate of drug-likeness (QED) is 0.627. The first-order chi connectivity index (χ1) is 15.1. The SMILES string of the molecule is COc1cccc(F)c1C=C(CNC(=O)OCc1ccccc1)B1OC(C)(C)C(C)(C)O1. The zero-order valence-corrected chi connectivity index (χ0v) is 19.1. The average molecular weight is 441 g/mol. The van der Waals surface area contributed by atoms with E-state index in [1.807, 2.05) is 58.0 Å². The van der Waals surface area contributed by atoms with Crippen LogP contribution >= 0.6 is 0 Å². The Labute approximate surface area is 188 Å². The van der Waals surface area contributed by atoms with Crippen molar-refractivity contribution in [2.75, 3.05) is 13.7 Å². The van der Waals surface area contributed by atoms with Crippen molar-refractivity contribution in [3.63, 3.8) is 0 Å². The molecule has 2 aromatic rings. The summed E-state index contributed by atoms with van der Waals surface area (Å²) in [6, 6.07) is 14.0. The first-order valence-electron chi connectivity index (χ1n) is 10.5. The fourth-order valence-electron chi connectivity index (χ4n) is 3.17. The van der Waals surface area contributed by atoms with Crippen molar-refractivity contribution in [2.24, 2.45) is 0 Å². The lowest BCUT2D eigenvalue weighted by Gasteiger charge is -2.32. The predicted octanol–water partition coefficient (Wildman–Crippen LogP) is 4.78. The monoisotopic (exact) mass is 441 g/mol. The molecule has 3 rings (SSSR count). The molecule has 0 unspecified atom stereocenters. The molecule has 8 heteroatoms. The van der Waals surface area contributed by atoms with Gasteiger partial charge in [-0.05, 0) is 50.9 Å². The number of amides is 1. The molecule has 0 bridgehead atoms. The van der Waals surface area contributed by atoms with Crippen LogP contribution in [0.4, 0.5) is 9.18 Å². The summed E-state index contributed by atoms with van der Waals surface area (Å²) in [5, 5.41) is 2.71. The molecular formula is C24H29BFNO5. The molecule has 170 valence electrons. The number of rotatable bonds is 7. The minimum absolute atomic E-state index is 0.0436. The number of carbonyl (C=O) groups is 1. The Morgan fingerprint density at radius 2 is 1.72 bits per heavy atom. The maximum atomic E-state index is 14.6. The summed E-state index contributed by atoms with van der Waals surface area (Å²) in [4.78, 5) is 12.3. The predicted molar refractivity (Wildman–Crippen MR) is 122 cm³/mol. The Morgan fingerprint density at radius 3 is 2.34 bits per heavy atom. The standard InChI is InChI=1S/C24H29BFNO5/c1-23(2)24(3,4)32-25(31-23)18(14-19-20(26)12-9-13-21(19)29-5)15-27-22(28)30-16-17-10-7-6-8-11-17/h6-14H,15-16H2,1-5H3,(H,27,28). The highest BCUT2D eigenvalue weighted by atomic mass is 19.1. The first-order valence-corrected chi connectivity index (χ1v) is 10.5. The second kappa shape index (κ2) is 9.75. The van der Waals surface area contributed by atoms with E-state index >= 15 is 0 Å². The summed E-state index contributed by atoms with van der Waals surface area (Å²) in [5.41, 5.74) is 0.469. The number of ether oxygens (including phenoxy) is 2. The largest absolute Gasteiger partial charge is 0.496 e. The van der Waals surface area contributed by atoms with Crippen molar-refractivity contribution in [3.05, 3.63) is 70.9 Å². The van der Waals surface area contributed by atoms with Crippen LogP contribution in [0.5, 0.6) is 5.75 Å². The number of halogens is 1. The third-order valence-electron chi connectivity index (χ3n) is 5.77. The van der Waals surface area contributed by atoms with Gasteiger partial charge in [-0.25, -0.2) is 9.18 Å². The summed E-state index contributed by atoms with van der Waals surface area (Å²) in [7, 11) is 0.693. The van der Waals surface area contributed by atoms with Crippen molar-refractivity contribution in [3.8, 4) is 5.75 Å². The molecule has 0 saturated carbocycles. The second-order valence-corrected chi connectivity index (χ2v) is 8.58. The number of carbonyl (C=O) groups excluding carboxylic acids is 1. The molecule has 1 saturated heterocycles. The number of hydrogen-bond acceptors (Lipinski definition) is 5. The molecule has 2 aromatic carbocycles. The van der Waals surface area contributed by atoms with Crippen LogP contribution in [0, 0.1) is 5.82 Å². The molecule has 1 fully saturated rings. The highest BCUT2D eigenvalue weighted by Crippen LogP contribution is 2.39. The van der Waals surface area contributed by atoms with Crippen LogP contribution in [0.1, 0.15) is 38.8 Å². The molecule has 1 aliphatic heterocycles. The first kappa shape index (κ1) is 23.8. The van der Waals surface area contributed by atoms with E-state index in [0.29, 0.717) is 11.2 Å². The van der Waals surface area contributed by atoms with Gasteiger partial charge >= 0.3 is 13.2 Å². The summed E-state index contributed by atoms with van der Waals surface area (Å²) < 4.78 is 37.4. The van der Waals surface area contributed by atoms with Crippen LogP contribution in [0.2, 0.25) is 0 Å². The normalized spacial score (nSPS) is 17.2. The van der Waals surface area contributed by atoms with E-state index in [0.717, 1.165) is 5.56 Å². The van der Waals surface area contributed by atoms with Crippen LogP contribution in [-0.4, -0.2) is 38.1 Å². The van der Waals surface area contributed by atoms with Gasteiger partial charge in [0.1, 0.15) is 18.2 Å². The molecule has 1 aliphatic rings. The number of benzene rings is 2. The van der Waals surface area contributed by atoms with Crippen molar-refractivity contribution < 1.29 is 28.0 Å². The topological polar surface area (TPSA) is 66.0 Å². The fourth-order valence-corrected chi connectivity index (χ4v) is 3.17. The number of nitrogens with one attached hydrogen (secondary N) is 1. The molecule has 32 heavy (non-hydrogen) atoms. The molecule has 0 atom stereocenters. The number of alkyl carbamates (subject to hydrolysis) is 1. The van der Waals surface area contributed by atoms with Gasteiger partial charge in [0, 0.05) is 6.54 Å². The Bertz CT molecular complexity index is 962. The van der Waals surface area contributed by atoms with E-state index in [9.17, 15) is 9.18 Å². The Balaban J connectivity index is 1.79. The Hall–Kier alpha value is -2.84. The van der Waals surface area contributed by atoms with Gasteiger partial charge in [-0.2, -0.15) is 0 Å². The van der Waals surface area contributed by atoms with Crippen LogP contribution in [0.25, 0.3) is 6.08 Å². The van der Waals surface area contributed by atoms with E-state index in [1.165, 1.54) is 13.2 Å². The zero-order valence-electron chi connectivity index (χ0n) is 19.1. The summed E-state index contributed by atoms with van der Waals surface area (Å²) in [6.45, 7) is 7.89. The third-order valence-corrected chi connectivity index (χ3v) is 5.77. The van der Waals surface area contributed by atoms with E-state index in [2.05, 4.69) is 5.32 Å². The minimum atomic E-state index is -0.779. The van der Waals surface area contributed by atoms with Gasteiger partial charge in [0.2, 0.25) is 0 Å². The summed E-state index contributed by atoms with van der Waals surface area (Å²) in [5.74, 6) is -0.0873. The summed E-state index contributed by atoms with van der Waals surface area (Å²) >= 11 is 0. The Morgan fingerprint density at radius 1 is 1.06 bits per heavy atom. The highest BCUT2D eigenvalue weighted by Gasteiger charge is 2.52. The molecule has 1 N–H and O–H groups in total. The summed E-state index contributed by atoms with van der Waals surface area (Å²) in [6.07, 6.45) is 0.991. The number of methoxy groups -OCH3 is 1. The molecule has 0 spiro atoms. The van der Waals surface area contributed by atoms with Gasteiger partial charge in [0.25, 0.3) is 0 Å². The van der Waals surface area contributed by atoms with E-state index in [4.69, 9.17) is 18.8 Å². The molecule has 0 aromatic heterocycles. The maximum Gasteiger partial charge on any atom is 0.492 e. The van der Waals surface area contributed by atoms with Gasteiger partial charge in [-0.3, -0.25) is 0 Å². The molecule has 1 heterocycles. The molecule has 0 radical (unpaired) electrons. The van der Waals surface area contributed by atoms with Crippen LogP contribution in [0.15, 0.2) is 54.0 Å². The van der Waals surface area contributed by atoms with Crippen molar-refractivity contribution in [1.29, 1.82) is 0 Å². The molecular weight excluding hydrogens is 412 g/mol. The highest BCUT2D eigenvalue weighted by molar-refractivity contribution is 6.56. The molecule has 0 aliphatic carbocycles. The van der Waals surface area contributed by atoms with Crippen LogP contribution in [-0.2, 0) is 20.7 Å². The molecule has 6 nitrogen and oxygen atoms in total. The average Bonchev–Trinajstić information content (AvgIpc) is 2.98. The maximum absolute atomic E-state index is 14.6. The van der Waals surface area contributed by atoms with Crippen LogP contribution < -0.4 is 10.1 Å².